The Labute approximate surface area is 166 Å². The Morgan fingerprint density at radius 2 is 1.54 bits per heavy atom. The zero-order valence-corrected chi connectivity index (χ0v) is 16.0. The molecule has 0 saturated carbocycles. The maximum atomic E-state index is 11.7. The lowest BCUT2D eigenvalue weighted by Crippen LogP contribution is -2.32. The third-order valence-electron chi connectivity index (χ3n) is 5.05. The van der Waals surface area contributed by atoms with Crippen molar-refractivity contribution in [3.63, 3.8) is 0 Å². The molecule has 0 spiro atoms. The van der Waals surface area contributed by atoms with E-state index in [1.54, 1.807) is 0 Å². The zero-order chi connectivity index (χ0) is 19.9. The highest BCUT2D eigenvalue weighted by Gasteiger charge is 2.28. The van der Waals surface area contributed by atoms with Crippen molar-refractivity contribution in [1.29, 1.82) is 0 Å². The minimum Gasteiger partial charge on any atom is -0.481 e. The molecule has 3 aromatic rings. The number of hydrogen-bond donors (Lipinski definition) is 2. The van der Waals surface area contributed by atoms with Crippen LogP contribution in [0, 0.1) is 0 Å². The number of nitrogens with zero attached hydrogens (tertiary/aromatic N) is 1. The van der Waals surface area contributed by atoms with Crippen molar-refractivity contribution in [3.8, 4) is 0 Å². The Balaban J connectivity index is 2.03. The van der Waals surface area contributed by atoms with Gasteiger partial charge in [-0.15, -0.1) is 0 Å². The van der Waals surface area contributed by atoms with E-state index in [2.05, 4.69) is 36.1 Å². The number of nitrogen functional groups attached to an aromatic ring is 1. The third-order valence-corrected chi connectivity index (χ3v) is 5.05. The van der Waals surface area contributed by atoms with Crippen LogP contribution in [0.1, 0.15) is 42.1 Å². The lowest BCUT2D eigenvalue weighted by Gasteiger charge is -2.37. The lowest BCUT2D eigenvalue weighted by molar-refractivity contribution is -0.138. The predicted molar refractivity (Wildman–Crippen MR) is 113 cm³/mol. The van der Waals surface area contributed by atoms with Gasteiger partial charge in [0.05, 0.1) is 6.42 Å². The van der Waals surface area contributed by atoms with E-state index >= 15 is 0 Å². The van der Waals surface area contributed by atoms with Gasteiger partial charge in [0, 0.05) is 24.3 Å². The number of carboxylic acids is 1. The Bertz CT molecular complexity index is 897. The van der Waals surface area contributed by atoms with Gasteiger partial charge in [0.1, 0.15) is 0 Å². The van der Waals surface area contributed by atoms with Gasteiger partial charge < -0.3 is 10.8 Å². The summed E-state index contributed by atoms with van der Waals surface area (Å²) < 4.78 is 0. The average Bonchev–Trinajstić information content (AvgIpc) is 2.71. The first-order chi connectivity index (χ1) is 13.5. The largest absolute Gasteiger partial charge is 0.481 e. The second kappa shape index (κ2) is 9.20. The molecule has 4 nitrogen and oxygen atoms in total. The molecule has 0 fully saturated rings. The topological polar surface area (TPSA) is 66.6 Å². The van der Waals surface area contributed by atoms with Gasteiger partial charge in [-0.2, -0.15) is 0 Å². The number of carboxylic acid groups (broad SMARTS) is 1. The standard InChI is InChI=1S/C24H26N2O2/c1-18(20-11-6-3-7-12-20)26(17-19-9-4-2-5-10-19)23(16-24(27)28)21-13-8-14-22(25)15-21/h2-15,18,23H,16-17,25H2,1H3,(H,27,28)/t18-,23?/m1/s1. The van der Waals surface area contributed by atoms with Gasteiger partial charge in [-0.25, -0.2) is 0 Å². The van der Waals surface area contributed by atoms with Crippen LogP contribution in [0.4, 0.5) is 5.69 Å². The highest BCUT2D eigenvalue weighted by molar-refractivity contribution is 5.68. The van der Waals surface area contributed by atoms with Gasteiger partial charge in [0.15, 0.2) is 0 Å². The van der Waals surface area contributed by atoms with Crippen molar-refractivity contribution in [2.75, 3.05) is 5.73 Å². The molecule has 0 saturated heterocycles. The molecule has 3 rings (SSSR count). The first kappa shape index (κ1) is 19.6. The number of benzene rings is 3. The van der Waals surface area contributed by atoms with E-state index in [1.165, 1.54) is 0 Å². The maximum absolute atomic E-state index is 11.7. The Morgan fingerprint density at radius 3 is 2.14 bits per heavy atom. The molecule has 0 aliphatic carbocycles. The molecule has 0 radical (unpaired) electrons. The van der Waals surface area contributed by atoms with Crippen LogP contribution in [0.3, 0.4) is 0 Å². The van der Waals surface area contributed by atoms with Crippen LogP contribution in [0.5, 0.6) is 0 Å². The molecule has 0 heterocycles. The van der Waals surface area contributed by atoms with Gasteiger partial charge >= 0.3 is 5.97 Å². The fraction of sp³-hybridized carbons (Fsp3) is 0.208. The van der Waals surface area contributed by atoms with Crippen molar-refractivity contribution < 1.29 is 9.90 Å². The summed E-state index contributed by atoms with van der Waals surface area (Å²) in [5.74, 6) is -0.828. The quantitative estimate of drug-likeness (QED) is 0.542. The normalized spacial score (nSPS) is 13.2. The highest BCUT2D eigenvalue weighted by Crippen LogP contribution is 2.35. The summed E-state index contributed by atoms with van der Waals surface area (Å²) in [4.78, 5) is 14.0. The van der Waals surface area contributed by atoms with E-state index in [1.807, 2.05) is 60.7 Å². The smallest absolute Gasteiger partial charge is 0.305 e. The second-order valence-corrected chi connectivity index (χ2v) is 7.03. The van der Waals surface area contributed by atoms with Crippen LogP contribution < -0.4 is 5.73 Å². The van der Waals surface area contributed by atoms with E-state index in [4.69, 9.17) is 5.73 Å². The number of carbonyl (C=O) groups is 1. The third kappa shape index (κ3) is 4.99. The number of nitrogens with two attached hydrogens (primary N) is 1. The van der Waals surface area contributed by atoms with Crippen LogP contribution in [0.15, 0.2) is 84.9 Å². The van der Waals surface area contributed by atoms with Crippen molar-refractivity contribution in [1.82, 2.24) is 4.90 Å². The molecule has 0 aliphatic rings. The summed E-state index contributed by atoms with van der Waals surface area (Å²) in [6.07, 6.45) is 0.00740. The molecule has 3 aromatic carbocycles. The molecule has 0 bridgehead atoms. The van der Waals surface area contributed by atoms with Crippen molar-refractivity contribution in [2.45, 2.75) is 32.0 Å². The minimum absolute atomic E-state index is 0.00740. The Kier molecular flexibility index (Phi) is 6.45. The van der Waals surface area contributed by atoms with Crippen LogP contribution >= 0.6 is 0 Å². The summed E-state index contributed by atoms with van der Waals surface area (Å²) in [5, 5.41) is 9.62. The van der Waals surface area contributed by atoms with Gasteiger partial charge in [0.2, 0.25) is 0 Å². The van der Waals surface area contributed by atoms with Crippen LogP contribution in [-0.2, 0) is 11.3 Å². The summed E-state index contributed by atoms with van der Waals surface area (Å²) in [6, 6.07) is 27.6. The molecule has 28 heavy (non-hydrogen) atoms. The molecule has 0 aromatic heterocycles. The maximum Gasteiger partial charge on any atom is 0.305 e. The number of hydrogen-bond acceptors (Lipinski definition) is 3. The number of rotatable bonds is 8. The molecule has 144 valence electrons. The van der Waals surface area contributed by atoms with Gasteiger partial charge in [-0.3, -0.25) is 9.69 Å². The molecular formula is C24H26N2O2. The van der Waals surface area contributed by atoms with Crippen molar-refractivity contribution in [2.24, 2.45) is 0 Å². The van der Waals surface area contributed by atoms with E-state index in [-0.39, 0.29) is 18.5 Å². The first-order valence-corrected chi connectivity index (χ1v) is 9.46. The van der Waals surface area contributed by atoms with Crippen molar-refractivity contribution in [3.05, 3.63) is 102 Å². The second-order valence-electron chi connectivity index (χ2n) is 7.03. The van der Waals surface area contributed by atoms with E-state index in [0.29, 0.717) is 12.2 Å². The summed E-state index contributed by atoms with van der Waals surface area (Å²) >= 11 is 0. The first-order valence-electron chi connectivity index (χ1n) is 9.46. The summed E-state index contributed by atoms with van der Waals surface area (Å²) in [7, 11) is 0. The number of aliphatic carboxylic acids is 1. The molecule has 2 atom stereocenters. The molecule has 0 aliphatic heterocycles. The monoisotopic (exact) mass is 374 g/mol. The average molecular weight is 374 g/mol. The minimum atomic E-state index is -0.828. The fourth-order valence-electron chi connectivity index (χ4n) is 3.59. The predicted octanol–water partition coefficient (Wildman–Crippen LogP) is 5.05. The summed E-state index contributed by atoms with van der Waals surface area (Å²) in [6.45, 7) is 2.77. The van der Waals surface area contributed by atoms with E-state index in [9.17, 15) is 9.90 Å². The van der Waals surface area contributed by atoms with E-state index in [0.717, 1.165) is 16.7 Å². The van der Waals surface area contributed by atoms with Crippen LogP contribution in [-0.4, -0.2) is 16.0 Å². The van der Waals surface area contributed by atoms with E-state index < -0.39 is 5.97 Å². The van der Waals surface area contributed by atoms with Crippen LogP contribution in [0.2, 0.25) is 0 Å². The summed E-state index contributed by atoms with van der Waals surface area (Å²) in [5.41, 5.74) is 9.85. The highest BCUT2D eigenvalue weighted by atomic mass is 16.4. The van der Waals surface area contributed by atoms with Crippen molar-refractivity contribution >= 4 is 11.7 Å². The Morgan fingerprint density at radius 1 is 0.929 bits per heavy atom. The SMILES string of the molecule is C[C@H](c1ccccc1)N(Cc1ccccc1)C(CC(=O)O)c1cccc(N)c1. The lowest BCUT2D eigenvalue weighted by atomic mass is 9.96. The molecule has 0 amide bonds. The molecule has 1 unspecified atom stereocenters. The Hall–Kier alpha value is -3.11. The van der Waals surface area contributed by atoms with Crippen LogP contribution in [0.25, 0.3) is 0 Å². The number of anilines is 1. The van der Waals surface area contributed by atoms with Gasteiger partial charge in [-0.1, -0.05) is 72.8 Å². The fourth-order valence-corrected chi connectivity index (χ4v) is 3.59. The van der Waals surface area contributed by atoms with Gasteiger partial charge in [-0.05, 0) is 35.7 Å². The van der Waals surface area contributed by atoms with Gasteiger partial charge in [0.25, 0.3) is 0 Å². The molecule has 4 heteroatoms. The molecule has 3 N–H and O–H groups in total. The molecular weight excluding hydrogens is 348 g/mol. The zero-order valence-electron chi connectivity index (χ0n) is 16.0.